The van der Waals surface area contributed by atoms with Crippen LogP contribution in [0.25, 0.3) is 0 Å². The highest BCUT2D eigenvalue weighted by Crippen LogP contribution is 2.23. The predicted octanol–water partition coefficient (Wildman–Crippen LogP) is 3.73. The van der Waals surface area contributed by atoms with E-state index in [1.165, 1.54) is 22.9 Å². The summed E-state index contributed by atoms with van der Waals surface area (Å²) in [7, 11) is 0. The lowest BCUT2D eigenvalue weighted by Crippen LogP contribution is -2.24. The molecule has 2 aromatic rings. The Morgan fingerprint density at radius 2 is 2.05 bits per heavy atom. The smallest absolute Gasteiger partial charge is 0.146 e. The van der Waals surface area contributed by atoms with Crippen LogP contribution in [0.2, 0.25) is 0 Å². The molecule has 1 aromatic heterocycles. The first-order valence-electron chi connectivity index (χ1n) is 7.00. The van der Waals surface area contributed by atoms with Crippen molar-refractivity contribution >= 4 is 0 Å². The highest BCUT2D eigenvalue weighted by atomic mass is 19.1. The van der Waals surface area contributed by atoms with E-state index in [-0.39, 0.29) is 11.9 Å². The van der Waals surface area contributed by atoms with Gasteiger partial charge in [0.15, 0.2) is 0 Å². The van der Waals surface area contributed by atoms with Crippen molar-refractivity contribution in [3.63, 3.8) is 0 Å². The zero-order valence-electron chi connectivity index (χ0n) is 12.3. The Hall–Kier alpha value is -1.74. The maximum atomic E-state index is 13.9. The zero-order valence-corrected chi connectivity index (χ0v) is 12.3. The van der Waals surface area contributed by atoms with Gasteiger partial charge in [-0.3, -0.25) is 4.98 Å². The van der Waals surface area contributed by atoms with Crippen LogP contribution in [0.1, 0.15) is 35.2 Å². The summed E-state index contributed by atoms with van der Waals surface area (Å²) in [6, 6.07) is 8.14. The lowest BCUT2D eigenvalue weighted by Gasteiger charge is -2.20. The van der Waals surface area contributed by atoms with Crippen molar-refractivity contribution in [1.29, 1.82) is 0 Å². The first-order chi connectivity index (χ1) is 9.61. The van der Waals surface area contributed by atoms with Crippen LogP contribution in [-0.2, 0) is 6.42 Å². The number of aromatic nitrogens is 1. The molecule has 1 aromatic carbocycles. The average Bonchev–Trinajstić information content (AvgIpc) is 2.43. The summed E-state index contributed by atoms with van der Waals surface area (Å²) in [6.07, 6.45) is 3.71. The van der Waals surface area contributed by atoms with Gasteiger partial charge in [0, 0.05) is 17.8 Å². The van der Waals surface area contributed by atoms with E-state index in [2.05, 4.69) is 42.3 Å². The number of hydrogen-bond acceptors (Lipinski definition) is 2. The van der Waals surface area contributed by atoms with Gasteiger partial charge in [-0.2, -0.15) is 0 Å². The number of rotatable bonds is 5. The van der Waals surface area contributed by atoms with Crippen LogP contribution in [0.15, 0.2) is 36.7 Å². The third kappa shape index (κ3) is 3.42. The normalized spacial score (nSPS) is 12.4. The molecule has 2 rings (SSSR count). The standard InChI is InChI=1S/C17H21FN2/c1-4-20-17(15-7-8-19-11-16(15)18)10-14-9-12(2)5-6-13(14)3/h5-9,11,17,20H,4,10H2,1-3H3. The van der Waals surface area contributed by atoms with Crippen LogP contribution in [0, 0.1) is 19.7 Å². The van der Waals surface area contributed by atoms with E-state index >= 15 is 0 Å². The van der Waals surface area contributed by atoms with Crippen molar-refractivity contribution < 1.29 is 4.39 Å². The molecule has 1 heterocycles. The molecule has 0 saturated heterocycles. The summed E-state index contributed by atoms with van der Waals surface area (Å²) < 4.78 is 13.9. The SMILES string of the molecule is CCNC(Cc1cc(C)ccc1C)c1ccncc1F. The fourth-order valence-electron chi connectivity index (χ4n) is 2.45. The molecule has 0 radical (unpaired) electrons. The Bertz CT molecular complexity index is 581. The molecule has 2 nitrogen and oxygen atoms in total. The van der Waals surface area contributed by atoms with Crippen LogP contribution in [0.5, 0.6) is 0 Å². The summed E-state index contributed by atoms with van der Waals surface area (Å²) in [5.41, 5.74) is 4.42. The van der Waals surface area contributed by atoms with Gasteiger partial charge in [0.05, 0.1) is 6.20 Å². The summed E-state index contributed by atoms with van der Waals surface area (Å²) in [5, 5.41) is 3.37. The molecule has 0 aliphatic heterocycles. The third-order valence-corrected chi connectivity index (χ3v) is 3.56. The molecule has 0 aliphatic carbocycles. The molecular formula is C17H21FN2. The molecule has 3 heteroatoms. The maximum Gasteiger partial charge on any atom is 0.146 e. The molecule has 0 amide bonds. The molecule has 0 fully saturated rings. The van der Waals surface area contributed by atoms with Crippen LogP contribution in [-0.4, -0.2) is 11.5 Å². The van der Waals surface area contributed by atoms with Gasteiger partial charge < -0.3 is 5.32 Å². The second-order valence-electron chi connectivity index (χ2n) is 5.14. The van der Waals surface area contributed by atoms with Crippen molar-refractivity contribution in [2.24, 2.45) is 0 Å². The number of likely N-dealkylation sites (N-methyl/N-ethyl adjacent to an activating group) is 1. The second-order valence-corrected chi connectivity index (χ2v) is 5.14. The van der Waals surface area contributed by atoms with Gasteiger partial charge in [0.1, 0.15) is 5.82 Å². The Morgan fingerprint density at radius 3 is 2.75 bits per heavy atom. The molecular weight excluding hydrogens is 251 g/mol. The quantitative estimate of drug-likeness (QED) is 0.897. The Balaban J connectivity index is 2.30. The van der Waals surface area contributed by atoms with E-state index in [4.69, 9.17) is 0 Å². The summed E-state index contributed by atoms with van der Waals surface area (Å²) in [6.45, 7) is 7.02. The van der Waals surface area contributed by atoms with E-state index in [9.17, 15) is 4.39 Å². The molecule has 0 aliphatic rings. The average molecular weight is 272 g/mol. The van der Waals surface area contributed by atoms with Crippen molar-refractivity contribution in [3.05, 3.63) is 64.7 Å². The van der Waals surface area contributed by atoms with E-state index in [0.29, 0.717) is 5.56 Å². The van der Waals surface area contributed by atoms with Crippen molar-refractivity contribution in [2.75, 3.05) is 6.54 Å². The molecule has 0 spiro atoms. The summed E-state index contributed by atoms with van der Waals surface area (Å²) in [4.78, 5) is 3.82. The van der Waals surface area contributed by atoms with Gasteiger partial charge in [0.2, 0.25) is 0 Å². The van der Waals surface area contributed by atoms with Gasteiger partial charge in [-0.25, -0.2) is 4.39 Å². The molecule has 1 N–H and O–H groups in total. The molecule has 20 heavy (non-hydrogen) atoms. The lowest BCUT2D eigenvalue weighted by atomic mass is 9.95. The minimum atomic E-state index is -0.247. The summed E-state index contributed by atoms with van der Waals surface area (Å²) >= 11 is 0. The van der Waals surface area contributed by atoms with E-state index < -0.39 is 0 Å². The molecule has 106 valence electrons. The van der Waals surface area contributed by atoms with Crippen LogP contribution in [0.4, 0.5) is 4.39 Å². The van der Waals surface area contributed by atoms with Crippen LogP contribution in [0.3, 0.4) is 0 Å². The number of nitrogens with one attached hydrogen (secondary N) is 1. The van der Waals surface area contributed by atoms with Crippen LogP contribution < -0.4 is 5.32 Å². The third-order valence-electron chi connectivity index (χ3n) is 3.56. The first-order valence-corrected chi connectivity index (χ1v) is 7.00. The largest absolute Gasteiger partial charge is 0.310 e. The van der Waals surface area contributed by atoms with Gasteiger partial charge in [0.25, 0.3) is 0 Å². The number of benzene rings is 1. The van der Waals surface area contributed by atoms with Gasteiger partial charge in [-0.1, -0.05) is 30.7 Å². The fourth-order valence-corrected chi connectivity index (χ4v) is 2.45. The first kappa shape index (κ1) is 14.7. The minimum Gasteiger partial charge on any atom is -0.310 e. The Labute approximate surface area is 120 Å². The topological polar surface area (TPSA) is 24.9 Å². The van der Waals surface area contributed by atoms with Crippen molar-refractivity contribution in [3.8, 4) is 0 Å². The minimum absolute atomic E-state index is 0.0245. The Kier molecular flexibility index (Phi) is 4.85. The number of pyridine rings is 1. The maximum absolute atomic E-state index is 13.9. The monoisotopic (exact) mass is 272 g/mol. The highest BCUT2D eigenvalue weighted by Gasteiger charge is 2.16. The molecule has 1 unspecified atom stereocenters. The van der Waals surface area contributed by atoms with E-state index in [1.54, 1.807) is 12.3 Å². The predicted molar refractivity (Wildman–Crippen MR) is 80.2 cm³/mol. The van der Waals surface area contributed by atoms with Crippen molar-refractivity contribution in [2.45, 2.75) is 33.2 Å². The van der Waals surface area contributed by atoms with E-state index in [0.717, 1.165) is 13.0 Å². The Morgan fingerprint density at radius 1 is 1.25 bits per heavy atom. The fraction of sp³-hybridized carbons (Fsp3) is 0.353. The van der Waals surface area contributed by atoms with E-state index in [1.807, 2.05) is 6.92 Å². The number of halogens is 1. The van der Waals surface area contributed by atoms with Crippen molar-refractivity contribution in [1.82, 2.24) is 10.3 Å². The molecule has 0 bridgehead atoms. The molecule has 1 atom stereocenters. The van der Waals surface area contributed by atoms with Gasteiger partial charge >= 0.3 is 0 Å². The number of nitrogens with zero attached hydrogens (tertiary/aromatic N) is 1. The summed E-state index contributed by atoms with van der Waals surface area (Å²) in [5.74, 6) is -0.247. The highest BCUT2D eigenvalue weighted by molar-refractivity contribution is 5.32. The number of aryl methyl sites for hydroxylation is 2. The second kappa shape index (κ2) is 6.62. The van der Waals surface area contributed by atoms with Crippen LogP contribution >= 0.6 is 0 Å². The zero-order chi connectivity index (χ0) is 14.5. The van der Waals surface area contributed by atoms with Gasteiger partial charge in [-0.05, 0) is 44.0 Å². The lowest BCUT2D eigenvalue weighted by molar-refractivity contribution is 0.506. The van der Waals surface area contributed by atoms with Gasteiger partial charge in [-0.15, -0.1) is 0 Å². The number of hydrogen-bond donors (Lipinski definition) is 1. The molecule has 0 saturated carbocycles.